The number of guanidine groups is 1. The molecule has 1 heterocycles. The smallest absolute Gasteiger partial charge is 0.193 e. The maximum atomic E-state index is 6.03. The number of likely N-dealkylation sites (N-methyl/N-ethyl adjacent to an activating group) is 1. The molecule has 1 aliphatic rings. The van der Waals surface area contributed by atoms with Crippen molar-refractivity contribution >= 4 is 17.6 Å². The van der Waals surface area contributed by atoms with Gasteiger partial charge in [-0.05, 0) is 24.7 Å². The highest BCUT2D eigenvalue weighted by Crippen LogP contribution is 2.12. The Bertz CT molecular complexity index is 509. The SMILES string of the molecule is CN=C(NCC1CN(C)CCO1)N(C)Cc1cccc(Cl)c1. The summed E-state index contributed by atoms with van der Waals surface area (Å²) in [5, 5.41) is 4.14. The minimum absolute atomic E-state index is 0.204. The highest BCUT2D eigenvalue weighted by atomic mass is 35.5. The summed E-state index contributed by atoms with van der Waals surface area (Å²) in [4.78, 5) is 8.71. The van der Waals surface area contributed by atoms with Crippen LogP contribution in [0.3, 0.4) is 0 Å². The van der Waals surface area contributed by atoms with Crippen LogP contribution in [0.15, 0.2) is 29.3 Å². The molecular formula is C16H25ClN4O. The third kappa shape index (κ3) is 5.16. The second kappa shape index (κ2) is 8.36. The van der Waals surface area contributed by atoms with Crippen LogP contribution in [0.1, 0.15) is 5.56 Å². The fourth-order valence-electron chi connectivity index (χ4n) is 2.56. The van der Waals surface area contributed by atoms with Gasteiger partial charge in [-0.2, -0.15) is 0 Å². The highest BCUT2D eigenvalue weighted by molar-refractivity contribution is 6.30. The molecule has 0 saturated carbocycles. The van der Waals surface area contributed by atoms with Crippen LogP contribution in [0.4, 0.5) is 0 Å². The Morgan fingerprint density at radius 2 is 2.36 bits per heavy atom. The van der Waals surface area contributed by atoms with Crippen molar-refractivity contribution in [3.8, 4) is 0 Å². The predicted octanol–water partition coefficient (Wildman–Crippen LogP) is 1.68. The molecule has 0 amide bonds. The number of hydrogen-bond donors (Lipinski definition) is 1. The Balaban J connectivity index is 1.85. The van der Waals surface area contributed by atoms with E-state index < -0.39 is 0 Å². The first-order chi connectivity index (χ1) is 10.6. The van der Waals surface area contributed by atoms with Crippen molar-refractivity contribution in [2.75, 3.05) is 47.4 Å². The van der Waals surface area contributed by atoms with Gasteiger partial charge in [-0.15, -0.1) is 0 Å². The van der Waals surface area contributed by atoms with E-state index in [1.807, 2.05) is 25.2 Å². The first-order valence-corrected chi connectivity index (χ1v) is 7.92. The molecule has 2 rings (SSSR count). The summed E-state index contributed by atoms with van der Waals surface area (Å²) >= 11 is 6.03. The number of nitrogens with zero attached hydrogens (tertiary/aromatic N) is 3. The molecule has 1 aliphatic heterocycles. The molecule has 0 aliphatic carbocycles. The molecule has 1 N–H and O–H groups in total. The number of aliphatic imine (C=N–C) groups is 1. The van der Waals surface area contributed by atoms with E-state index in [0.29, 0.717) is 0 Å². The molecule has 122 valence electrons. The number of morpholine rings is 1. The van der Waals surface area contributed by atoms with E-state index in [1.54, 1.807) is 7.05 Å². The number of hydrogen-bond acceptors (Lipinski definition) is 3. The van der Waals surface area contributed by atoms with Crippen molar-refractivity contribution in [2.24, 2.45) is 4.99 Å². The fourth-order valence-corrected chi connectivity index (χ4v) is 2.78. The van der Waals surface area contributed by atoms with E-state index in [1.165, 1.54) is 0 Å². The molecule has 0 radical (unpaired) electrons. The number of rotatable bonds is 4. The van der Waals surface area contributed by atoms with Crippen molar-refractivity contribution in [2.45, 2.75) is 12.6 Å². The van der Waals surface area contributed by atoms with Crippen LogP contribution < -0.4 is 5.32 Å². The van der Waals surface area contributed by atoms with Crippen molar-refractivity contribution in [1.29, 1.82) is 0 Å². The van der Waals surface area contributed by atoms with E-state index in [4.69, 9.17) is 16.3 Å². The molecule has 0 bridgehead atoms. The van der Waals surface area contributed by atoms with E-state index in [0.717, 1.165) is 49.3 Å². The Labute approximate surface area is 137 Å². The van der Waals surface area contributed by atoms with Gasteiger partial charge in [0, 0.05) is 45.3 Å². The average Bonchev–Trinajstić information content (AvgIpc) is 2.48. The van der Waals surface area contributed by atoms with Crippen molar-refractivity contribution in [3.05, 3.63) is 34.9 Å². The fraction of sp³-hybridized carbons (Fsp3) is 0.562. The van der Waals surface area contributed by atoms with Crippen LogP contribution in [-0.2, 0) is 11.3 Å². The normalized spacial score (nSPS) is 20.0. The van der Waals surface area contributed by atoms with Gasteiger partial charge in [0.1, 0.15) is 0 Å². The number of nitrogens with one attached hydrogen (secondary N) is 1. The Morgan fingerprint density at radius 3 is 3.05 bits per heavy atom. The molecule has 1 aromatic rings. The van der Waals surface area contributed by atoms with Gasteiger partial charge in [-0.25, -0.2) is 0 Å². The highest BCUT2D eigenvalue weighted by Gasteiger charge is 2.18. The predicted molar refractivity (Wildman–Crippen MR) is 91.5 cm³/mol. The molecule has 5 nitrogen and oxygen atoms in total. The van der Waals surface area contributed by atoms with E-state index in [2.05, 4.69) is 33.2 Å². The molecule has 1 saturated heterocycles. The van der Waals surface area contributed by atoms with Crippen LogP contribution in [0.5, 0.6) is 0 Å². The lowest BCUT2D eigenvalue weighted by atomic mass is 10.2. The van der Waals surface area contributed by atoms with Crippen LogP contribution in [0, 0.1) is 0 Å². The third-order valence-corrected chi connectivity index (χ3v) is 3.95. The van der Waals surface area contributed by atoms with Gasteiger partial charge >= 0.3 is 0 Å². The number of halogens is 1. The van der Waals surface area contributed by atoms with Crippen LogP contribution in [0.2, 0.25) is 5.02 Å². The van der Waals surface area contributed by atoms with Crippen molar-refractivity contribution < 1.29 is 4.74 Å². The van der Waals surface area contributed by atoms with Gasteiger partial charge in [0.05, 0.1) is 12.7 Å². The maximum absolute atomic E-state index is 6.03. The summed E-state index contributed by atoms with van der Waals surface area (Å²) in [6, 6.07) is 7.89. The number of benzene rings is 1. The lowest BCUT2D eigenvalue weighted by Crippen LogP contribution is -2.48. The first kappa shape index (κ1) is 17.1. The van der Waals surface area contributed by atoms with Gasteiger partial charge in [0.15, 0.2) is 5.96 Å². The monoisotopic (exact) mass is 324 g/mol. The minimum atomic E-state index is 0.204. The minimum Gasteiger partial charge on any atom is -0.374 e. The van der Waals surface area contributed by atoms with Gasteiger partial charge in [0.2, 0.25) is 0 Å². The molecule has 22 heavy (non-hydrogen) atoms. The van der Waals surface area contributed by atoms with Crippen molar-refractivity contribution in [3.63, 3.8) is 0 Å². The zero-order valence-electron chi connectivity index (χ0n) is 13.6. The van der Waals surface area contributed by atoms with Crippen LogP contribution in [0.25, 0.3) is 0 Å². The van der Waals surface area contributed by atoms with Crippen molar-refractivity contribution in [1.82, 2.24) is 15.1 Å². The third-order valence-electron chi connectivity index (χ3n) is 3.71. The van der Waals surface area contributed by atoms with E-state index in [9.17, 15) is 0 Å². The maximum Gasteiger partial charge on any atom is 0.193 e. The molecule has 1 fully saturated rings. The Morgan fingerprint density at radius 1 is 1.55 bits per heavy atom. The zero-order chi connectivity index (χ0) is 15.9. The lowest BCUT2D eigenvalue weighted by Gasteiger charge is -2.31. The average molecular weight is 325 g/mol. The second-order valence-corrected chi connectivity index (χ2v) is 6.11. The molecule has 1 aromatic carbocycles. The van der Waals surface area contributed by atoms with E-state index >= 15 is 0 Å². The molecule has 1 atom stereocenters. The topological polar surface area (TPSA) is 40.1 Å². The van der Waals surface area contributed by atoms with Gasteiger partial charge in [-0.1, -0.05) is 23.7 Å². The summed E-state index contributed by atoms with van der Waals surface area (Å²) in [6.07, 6.45) is 0.204. The summed E-state index contributed by atoms with van der Waals surface area (Å²) in [5.41, 5.74) is 1.16. The quantitative estimate of drug-likeness (QED) is 0.676. The molecular weight excluding hydrogens is 300 g/mol. The Hall–Kier alpha value is -1.30. The summed E-state index contributed by atoms with van der Waals surface area (Å²) < 4.78 is 5.76. The van der Waals surface area contributed by atoms with E-state index in [-0.39, 0.29) is 6.10 Å². The summed E-state index contributed by atoms with van der Waals surface area (Å²) in [7, 11) is 5.93. The Kier molecular flexibility index (Phi) is 6.49. The molecule has 6 heteroatoms. The lowest BCUT2D eigenvalue weighted by molar-refractivity contribution is -0.0163. The van der Waals surface area contributed by atoms with Crippen LogP contribution in [-0.4, -0.2) is 69.2 Å². The van der Waals surface area contributed by atoms with Gasteiger partial charge in [-0.3, -0.25) is 4.99 Å². The van der Waals surface area contributed by atoms with Gasteiger partial charge in [0.25, 0.3) is 0 Å². The van der Waals surface area contributed by atoms with Crippen LogP contribution >= 0.6 is 11.6 Å². The largest absolute Gasteiger partial charge is 0.374 e. The molecule has 0 spiro atoms. The summed E-state index contributed by atoms with van der Waals surface area (Å²) in [6.45, 7) is 4.25. The molecule has 0 aromatic heterocycles. The molecule has 1 unspecified atom stereocenters. The summed E-state index contributed by atoms with van der Waals surface area (Å²) in [5.74, 6) is 0.858. The van der Waals surface area contributed by atoms with Gasteiger partial charge < -0.3 is 19.9 Å². The second-order valence-electron chi connectivity index (χ2n) is 5.67. The number of ether oxygens (including phenoxy) is 1. The zero-order valence-corrected chi connectivity index (χ0v) is 14.3. The standard InChI is InChI=1S/C16H25ClN4O/c1-18-16(19-10-15-12-20(2)7-8-22-15)21(3)11-13-5-4-6-14(17)9-13/h4-6,9,15H,7-8,10-12H2,1-3H3,(H,18,19). The first-order valence-electron chi connectivity index (χ1n) is 7.55.